The van der Waals surface area contributed by atoms with Crippen molar-refractivity contribution >= 4 is 44.3 Å². The Morgan fingerprint density at radius 1 is 0.292 bits per heavy atom. The van der Waals surface area contributed by atoms with Crippen LogP contribution in [0.15, 0.2) is 174 Å². The Morgan fingerprint density at radius 2 is 0.458 bits per heavy atom. The first-order valence-electron chi connectivity index (χ1n) is 16.4. The Bertz CT molecular complexity index is 1420. The molecule has 0 heterocycles. The molecule has 0 saturated heterocycles. The summed E-state index contributed by atoms with van der Waals surface area (Å²) in [5, 5.41) is 4.93. The molecule has 0 radical (unpaired) electrons. The lowest BCUT2D eigenvalue weighted by Gasteiger charge is -2.27. The molecule has 0 aliphatic heterocycles. The number of nitrogens with zero attached hydrogens (tertiary/aromatic N) is 4. The minimum Gasteiger partial charge on any atom is -0.364 e. The Kier molecular flexibility index (Phi) is 15.3. The highest BCUT2D eigenvalue weighted by molar-refractivity contribution is 6.03. The first kappa shape index (κ1) is 37.0. The largest absolute Gasteiger partial charge is 0.364 e. The summed E-state index contributed by atoms with van der Waals surface area (Å²) in [7, 11) is 0. The molecule has 4 rings (SSSR count). The van der Waals surface area contributed by atoms with E-state index in [-0.39, 0.29) is 0 Å². The summed E-state index contributed by atoms with van der Waals surface area (Å²) in [6.07, 6.45) is 15.4. The second-order valence-electron chi connectivity index (χ2n) is 11.2. The Labute approximate surface area is 289 Å². The molecule has 0 bridgehead atoms. The number of benzene rings is 4. The Balaban J connectivity index is 0.000000260. The van der Waals surface area contributed by atoms with E-state index in [0.29, 0.717) is 0 Å². The summed E-state index contributed by atoms with van der Waals surface area (Å²) in [5.41, 5.74) is 4.80. The molecule has 0 spiro atoms. The van der Waals surface area contributed by atoms with Crippen LogP contribution in [0, 0.1) is 0 Å². The molecule has 48 heavy (non-hydrogen) atoms. The summed E-state index contributed by atoms with van der Waals surface area (Å²) in [6.45, 7) is 37.3. The summed E-state index contributed by atoms with van der Waals surface area (Å²) in [6, 6.07) is 25.8. The third-order valence-corrected chi connectivity index (χ3v) is 7.91. The van der Waals surface area contributed by atoms with Crippen molar-refractivity contribution in [3.8, 4) is 0 Å². The van der Waals surface area contributed by atoms with Gasteiger partial charge in [-0.2, -0.15) is 0 Å². The van der Waals surface area contributed by atoms with Crippen molar-refractivity contribution in [3.63, 3.8) is 0 Å². The topological polar surface area (TPSA) is 13.0 Å². The molecule has 4 heteroatoms. The van der Waals surface area contributed by atoms with Crippen LogP contribution in [0.1, 0.15) is 0 Å². The van der Waals surface area contributed by atoms with E-state index < -0.39 is 0 Å². The van der Waals surface area contributed by atoms with Gasteiger partial charge in [0.2, 0.25) is 0 Å². The molecule has 248 valence electrons. The number of fused-ring (bicyclic) bond motifs is 2. The zero-order chi connectivity index (χ0) is 34.7. The highest BCUT2D eigenvalue weighted by atomic mass is 15.1. The van der Waals surface area contributed by atoms with E-state index in [1.54, 1.807) is 0 Å². The molecule has 4 aromatic carbocycles. The fourth-order valence-electron chi connectivity index (χ4n) is 5.99. The van der Waals surface area contributed by atoms with Crippen molar-refractivity contribution < 1.29 is 0 Å². The maximum atomic E-state index is 3.88. The van der Waals surface area contributed by atoms with Gasteiger partial charge in [-0.1, -0.05) is 97.1 Å². The second-order valence-corrected chi connectivity index (χ2v) is 11.2. The predicted octanol–water partition coefficient (Wildman–Crippen LogP) is 10.4. The van der Waals surface area contributed by atoms with Gasteiger partial charge in [0.05, 0.1) is 0 Å². The van der Waals surface area contributed by atoms with Crippen molar-refractivity contribution in [1.29, 1.82) is 0 Å². The first-order valence-corrected chi connectivity index (χ1v) is 16.4. The van der Waals surface area contributed by atoms with Crippen LogP contribution in [0.3, 0.4) is 0 Å². The molecule has 0 aliphatic rings. The van der Waals surface area contributed by atoms with E-state index in [1.807, 2.05) is 48.6 Å². The number of hydrogen-bond donors (Lipinski definition) is 0. The van der Waals surface area contributed by atoms with Crippen molar-refractivity contribution in [2.75, 3.05) is 72.0 Å². The molecular formula is C44H52N4. The standard InChI is InChI=1S/2C22H26N2/c2*1-5-15-23(16-6-2)21-13-9-12-20-19(21)11-10-14-22(20)24(17-7-3)18-8-4/h2*5-14H,1-4,15-18H2. The number of anilines is 4. The van der Waals surface area contributed by atoms with Gasteiger partial charge in [0, 0.05) is 96.7 Å². The van der Waals surface area contributed by atoms with Crippen LogP contribution in [0.25, 0.3) is 21.5 Å². The lowest BCUT2D eigenvalue weighted by molar-refractivity contribution is 0.957. The Hall–Kier alpha value is -5.48. The molecule has 0 atom stereocenters. The molecule has 0 unspecified atom stereocenters. The third-order valence-electron chi connectivity index (χ3n) is 7.91. The van der Waals surface area contributed by atoms with E-state index in [1.165, 1.54) is 44.3 Å². The normalized spacial score (nSPS) is 10.2. The molecule has 0 saturated carbocycles. The van der Waals surface area contributed by atoms with Crippen LogP contribution in [0.5, 0.6) is 0 Å². The molecule has 0 aromatic heterocycles. The number of rotatable bonds is 20. The van der Waals surface area contributed by atoms with Crippen molar-refractivity contribution in [1.82, 2.24) is 0 Å². The Morgan fingerprint density at radius 3 is 0.604 bits per heavy atom. The molecule has 4 nitrogen and oxygen atoms in total. The molecule has 0 amide bonds. The highest BCUT2D eigenvalue weighted by Crippen LogP contribution is 2.35. The van der Waals surface area contributed by atoms with Gasteiger partial charge in [-0.3, -0.25) is 0 Å². The molecule has 0 N–H and O–H groups in total. The lowest BCUT2D eigenvalue weighted by atomic mass is 10.0. The SMILES string of the molecule is C=CCN(CC=C)c1cccc2c(N(CC=C)CC=C)cccc12.C=CCN(CC=C)c1cccc2c(N(CC=C)CC=C)cccc12. The molecule has 4 aromatic rings. The van der Waals surface area contributed by atoms with Crippen LogP contribution >= 0.6 is 0 Å². The van der Waals surface area contributed by atoms with Crippen LogP contribution < -0.4 is 19.6 Å². The van der Waals surface area contributed by atoms with E-state index in [4.69, 9.17) is 0 Å². The van der Waals surface area contributed by atoms with Gasteiger partial charge in [-0.25, -0.2) is 0 Å². The summed E-state index contributed by atoms with van der Waals surface area (Å²) in [4.78, 5) is 9.10. The van der Waals surface area contributed by atoms with E-state index in [2.05, 4.69) is 145 Å². The van der Waals surface area contributed by atoms with Gasteiger partial charge in [0.25, 0.3) is 0 Å². The smallest absolute Gasteiger partial charge is 0.0452 e. The quantitative estimate of drug-likeness (QED) is 0.0895. The third kappa shape index (κ3) is 9.29. The van der Waals surface area contributed by atoms with E-state index in [9.17, 15) is 0 Å². The van der Waals surface area contributed by atoms with Crippen LogP contribution in [0.4, 0.5) is 22.7 Å². The van der Waals surface area contributed by atoms with Gasteiger partial charge in [0.15, 0.2) is 0 Å². The van der Waals surface area contributed by atoms with Crippen LogP contribution in [-0.2, 0) is 0 Å². The summed E-state index contributed by atoms with van der Waals surface area (Å²) >= 11 is 0. The van der Waals surface area contributed by atoms with Gasteiger partial charge in [-0.15, -0.1) is 52.6 Å². The van der Waals surface area contributed by atoms with Gasteiger partial charge in [-0.05, 0) is 24.3 Å². The van der Waals surface area contributed by atoms with Gasteiger partial charge >= 0.3 is 0 Å². The average Bonchev–Trinajstić information content (AvgIpc) is 3.10. The monoisotopic (exact) mass is 636 g/mol. The number of hydrogen-bond acceptors (Lipinski definition) is 4. The zero-order valence-electron chi connectivity index (χ0n) is 28.6. The second kappa shape index (κ2) is 19.9. The predicted molar refractivity (Wildman–Crippen MR) is 218 cm³/mol. The van der Waals surface area contributed by atoms with Crippen molar-refractivity contribution in [3.05, 3.63) is 174 Å². The molecular weight excluding hydrogens is 585 g/mol. The maximum Gasteiger partial charge on any atom is 0.0452 e. The van der Waals surface area contributed by atoms with Crippen LogP contribution in [0.2, 0.25) is 0 Å². The van der Waals surface area contributed by atoms with Gasteiger partial charge in [0.1, 0.15) is 0 Å². The zero-order valence-corrected chi connectivity index (χ0v) is 28.6. The van der Waals surface area contributed by atoms with Crippen molar-refractivity contribution in [2.24, 2.45) is 0 Å². The van der Waals surface area contributed by atoms with Crippen LogP contribution in [-0.4, -0.2) is 52.4 Å². The minimum absolute atomic E-state index is 0.790. The lowest BCUT2D eigenvalue weighted by Crippen LogP contribution is -2.24. The average molecular weight is 637 g/mol. The fraction of sp³-hybridized carbons (Fsp3) is 0.182. The molecule has 0 aliphatic carbocycles. The van der Waals surface area contributed by atoms with E-state index in [0.717, 1.165) is 52.4 Å². The fourth-order valence-corrected chi connectivity index (χ4v) is 5.99. The first-order chi connectivity index (χ1) is 23.5. The molecule has 0 fully saturated rings. The maximum absolute atomic E-state index is 3.88. The van der Waals surface area contributed by atoms with E-state index >= 15 is 0 Å². The van der Waals surface area contributed by atoms with Crippen molar-refractivity contribution in [2.45, 2.75) is 0 Å². The minimum atomic E-state index is 0.790. The summed E-state index contributed by atoms with van der Waals surface area (Å²) in [5.74, 6) is 0. The van der Waals surface area contributed by atoms with Gasteiger partial charge < -0.3 is 19.6 Å². The summed E-state index contributed by atoms with van der Waals surface area (Å²) < 4.78 is 0. The highest BCUT2D eigenvalue weighted by Gasteiger charge is 2.14.